The van der Waals surface area contributed by atoms with Crippen LogP contribution < -0.4 is 0 Å². The highest BCUT2D eigenvalue weighted by atomic mass is 16.6. The SMILES string of the molecule is c1cc2nonc2cc1[C@@H]1CO1. The second-order valence-corrected chi connectivity index (χ2v) is 2.83. The Bertz CT molecular complexity index is 420. The predicted molar refractivity (Wildman–Crippen MR) is 40.5 cm³/mol. The Labute approximate surface area is 68.1 Å². The lowest BCUT2D eigenvalue weighted by Crippen LogP contribution is -1.79. The first-order chi connectivity index (χ1) is 5.93. The number of benzene rings is 1. The zero-order chi connectivity index (χ0) is 7.97. The van der Waals surface area contributed by atoms with Crippen molar-refractivity contribution in [3.63, 3.8) is 0 Å². The highest BCUT2D eigenvalue weighted by molar-refractivity contribution is 5.73. The number of rotatable bonds is 1. The van der Waals surface area contributed by atoms with Gasteiger partial charge in [-0.2, -0.15) is 0 Å². The molecule has 1 saturated heterocycles. The van der Waals surface area contributed by atoms with E-state index in [1.807, 2.05) is 18.2 Å². The monoisotopic (exact) mass is 162 g/mol. The van der Waals surface area contributed by atoms with Crippen LogP contribution in [0.2, 0.25) is 0 Å². The molecule has 4 heteroatoms. The predicted octanol–water partition coefficient (Wildman–Crippen LogP) is 1.29. The molecular weight excluding hydrogens is 156 g/mol. The summed E-state index contributed by atoms with van der Waals surface area (Å²) in [7, 11) is 0. The molecular formula is C8H6N2O2. The van der Waals surface area contributed by atoms with Crippen LogP contribution in [-0.4, -0.2) is 16.9 Å². The van der Waals surface area contributed by atoms with Crippen molar-refractivity contribution in [3.8, 4) is 0 Å². The van der Waals surface area contributed by atoms with Crippen molar-refractivity contribution in [1.82, 2.24) is 10.3 Å². The number of fused-ring (bicyclic) bond motifs is 1. The second-order valence-electron chi connectivity index (χ2n) is 2.83. The number of ether oxygens (including phenoxy) is 1. The highest BCUT2D eigenvalue weighted by Gasteiger charge is 2.25. The first-order valence-corrected chi connectivity index (χ1v) is 3.77. The van der Waals surface area contributed by atoms with E-state index in [9.17, 15) is 0 Å². The maximum atomic E-state index is 5.14. The van der Waals surface area contributed by atoms with Gasteiger partial charge in [0.1, 0.15) is 17.1 Å². The fourth-order valence-electron chi connectivity index (χ4n) is 1.24. The number of hydrogen-bond donors (Lipinski definition) is 0. The van der Waals surface area contributed by atoms with E-state index in [2.05, 4.69) is 14.9 Å². The third kappa shape index (κ3) is 0.816. The van der Waals surface area contributed by atoms with Crippen molar-refractivity contribution in [2.75, 3.05) is 6.61 Å². The zero-order valence-electron chi connectivity index (χ0n) is 6.23. The molecule has 3 rings (SSSR count). The van der Waals surface area contributed by atoms with Crippen LogP contribution in [0.25, 0.3) is 11.0 Å². The average molecular weight is 162 g/mol. The Morgan fingerprint density at radius 1 is 1.25 bits per heavy atom. The molecule has 4 nitrogen and oxygen atoms in total. The van der Waals surface area contributed by atoms with Crippen molar-refractivity contribution < 1.29 is 9.37 Å². The quantitative estimate of drug-likeness (QED) is 0.593. The fraction of sp³-hybridized carbons (Fsp3) is 0.250. The number of epoxide rings is 1. The van der Waals surface area contributed by atoms with Gasteiger partial charge in [0.2, 0.25) is 0 Å². The van der Waals surface area contributed by atoms with Crippen molar-refractivity contribution in [1.29, 1.82) is 0 Å². The molecule has 1 fully saturated rings. The minimum atomic E-state index is 0.270. The van der Waals surface area contributed by atoms with Crippen molar-refractivity contribution in [3.05, 3.63) is 23.8 Å². The van der Waals surface area contributed by atoms with E-state index in [0.29, 0.717) is 0 Å². The Hall–Kier alpha value is -1.42. The van der Waals surface area contributed by atoms with Crippen molar-refractivity contribution in [2.24, 2.45) is 0 Å². The molecule has 0 bridgehead atoms. The fourth-order valence-corrected chi connectivity index (χ4v) is 1.24. The van der Waals surface area contributed by atoms with Gasteiger partial charge in [0.15, 0.2) is 0 Å². The number of nitrogens with zero attached hydrogens (tertiary/aromatic N) is 2. The molecule has 0 unspecified atom stereocenters. The molecule has 12 heavy (non-hydrogen) atoms. The second kappa shape index (κ2) is 2.04. The maximum absolute atomic E-state index is 5.14. The number of hydrogen-bond acceptors (Lipinski definition) is 4. The van der Waals surface area contributed by atoms with Gasteiger partial charge in [-0.05, 0) is 28.0 Å². The lowest BCUT2D eigenvalue weighted by atomic mass is 10.1. The molecule has 60 valence electrons. The van der Waals surface area contributed by atoms with Gasteiger partial charge in [-0.3, -0.25) is 0 Å². The van der Waals surface area contributed by atoms with E-state index >= 15 is 0 Å². The summed E-state index contributed by atoms with van der Waals surface area (Å²) >= 11 is 0. The minimum absolute atomic E-state index is 0.270. The molecule has 0 saturated carbocycles. The van der Waals surface area contributed by atoms with Crippen LogP contribution in [0.15, 0.2) is 22.8 Å². The summed E-state index contributed by atoms with van der Waals surface area (Å²) in [5.74, 6) is 0. The van der Waals surface area contributed by atoms with Gasteiger partial charge in [-0.1, -0.05) is 6.07 Å². The van der Waals surface area contributed by atoms with E-state index in [1.54, 1.807) is 0 Å². The molecule has 0 spiro atoms. The summed E-state index contributed by atoms with van der Waals surface area (Å²) in [5, 5.41) is 7.46. The molecule has 0 aliphatic carbocycles. The Kier molecular flexibility index (Phi) is 1.04. The number of aromatic nitrogens is 2. The van der Waals surface area contributed by atoms with Crippen LogP contribution in [0.5, 0.6) is 0 Å². The molecule has 2 aromatic rings. The molecule has 0 amide bonds. The molecule has 1 aliphatic rings. The summed E-state index contributed by atoms with van der Waals surface area (Å²) in [6.45, 7) is 0.816. The van der Waals surface area contributed by atoms with Crippen LogP contribution in [0.4, 0.5) is 0 Å². The molecule has 0 N–H and O–H groups in total. The standard InChI is InChI=1S/C8H6N2O2/c1-2-6-7(10-12-9-6)3-5(1)8-4-11-8/h1-3,8H,4H2/t8-/m0/s1. The lowest BCUT2D eigenvalue weighted by Gasteiger charge is -1.91. The van der Waals surface area contributed by atoms with Gasteiger partial charge in [-0.25, -0.2) is 4.63 Å². The van der Waals surface area contributed by atoms with E-state index < -0.39 is 0 Å². The Morgan fingerprint density at radius 2 is 2.08 bits per heavy atom. The van der Waals surface area contributed by atoms with Gasteiger partial charge >= 0.3 is 0 Å². The molecule has 2 heterocycles. The molecule has 0 radical (unpaired) electrons. The Balaban J connectivity index is 2.21. The van der Waals surface area contributed by atoms with Crippen molar-refractivity contribution in [2.45, 2.75) is 6.10 Å². The van der Waals surface area contributed by atoms with Crippen LogP contribution in [0.1, 0.15) is 11.7 Å². The minimum Gasteiger partial charge on any atom is -0.368 e. The first-order valence-electron chi connectivity index (χ1n) is 3.77. The highest BCUT2D eigenvalue weighted by Crippen LogP contribution is 2.30. The molecule has 1 atom stereocenters. The largest absolute Gasteiger partial charge is 0.368 e. The third-order valence-electron chi connectivity index (χ3n) is 1.98. The smallest absolute Gasteiger partial charge is 0.135 e. The zero-order valence-corrected chi connectivity index (χ0v) is 6.23. The lowest BCUT2D eigenvalue weighted by molar-refractivity contribution is 0.315. The summed E-state index contributed by atoms with van der Waals surface area (Å²) in [6.07, 6.45) is 0.270. The summed E-state index contributed by atoms with van der Waals surface area (Å²) < 4.78 is 9.72. The maximum Gasteiger partial charge on any atom is 0.135 e. The average Bonchev–Trinajstić information content (AvgIpc) is 2.84. The normalized spacial score (nSPS) is 21.5. The van der Waals surface area contributed by atoms with E-state index in [0.717, 1.165) is 23.2 Å². The van der Waals surface area contributed by atoms with Crippen LogP contribution in [0.3, 0.4) is 0 Å². The van der Waals surface area contributed by atoms with Gasteiger partial charge in [-0.15, -0.1) is 0 Å². The van der Waals surface area contributed by atoms with E-state index in [-0.39, 0.29) is 6.10 Å². The van der Waals surface area contributed by atoms with Gasteiger partial charge < -0.3 is 4.74 Å². The van der Waals surface area contributed by atoms with Crippen LogP contribution >= 0.6 is 0 Å². The van der Waals surface area contributed by atoms with Gasteiger partial charge in [0.05, 0.1) is 6.61 Å². The van der Waals surface area contributed by atoms with Crippen LogP contribution in [-0.2, 0) is 4.74 Å². The topological polar surface area (TPSA) is 51.5 Å². The third-order valence-corrected chi connectivity index (χ3v) is 1.98. The first kappa shape index (κ1) is 6.14. The summed E-state index contributed by atoms with van der Waals surface area (Å²) in [4.78, 5) is 0. The van der Waals surface area contributed by atoms with Gasteiger partial charge in [0, 0.05) is 0 Å². The van der Waals surface area contributed by atoms with Crippen LogP contribution in [0, 0.1) is 0 Å². The molecule has 1 aromatic heterocycles. The summed E-state index contributed by atoms with van der Waals surface area (Å²) in [6, 6.07) is 5.83. The van der Waals surface area contributed by atoms with E-state index in [1.165, 1.54) is 0 Å². The Morgan fingerprint density at radius 3 is 2.92 bits per heavy atom. The van der Waals surface area contributed by atoms with E-state index in [4.69, 9.17) is 4.74 Å². The molecule has 1 aromatic carbocycles. The molecule has 1 aliphatic heterocycles. The van der Waals surface area contributed by atoms with Crippen molar-refractivity contribution >= 4 is 11.0 Å². The van der Waals surface area contributed by atoms with Gasteiger partial charge in [0.25, 0.3) is 0 Å². The summed E-state index contributed by atoms with van der Waals surface area (Å²) in [5.41, 5.74) is 2.74.